The van der Waals surface area contributed by atoms with Gasteiger partial charge in [-0.05, 0) is 49.6 Å². The third kappa shape index (κ3) is 6.23. The van der Waals surface area contributed by atoms with E-state index in [1.807, 2.05) is 0 Å². The van der Waals surface area contributed by atoms with Crippen LogP contribution in [0.15, 0.2) is 41.5 Å². The molecule has 1 aromatic carbocycles. The highest BCUT2D eigenvalue weighted by Gasteiger charge is 2.08. The van der Waals surface area contributed by atoms with Crippen LogP contribution in [0.1, 0.15) is 23.7 Å². The van der Waals surface area contributed by atoms with E-state index in [4.69, 9.17) is 9.73 Å². The van der Waals surface area contributed by atoms with Crippen LogP contribution in [0.25, 0.3) is 0 Å². The Balaban J connectivity index is 0.00000338. The molecule has 144 valence electrons. The van der Waals surface area contributed by atoms with E-state index in [1.54, 1.807) is 7.11 Å². The van der Waals surface area contributed by atoms with Crippen molar-refractivity contribution in [1.82, 2.24) is 14.8 Å². The molecule has 0 radical (unpaired) electrons. The third-order valence-electron chi connectivity index (χ3n) is 4.28. The summed E-state index contributed by atoms with van der Waals surface area (Å²) in [6.07, 6.45) is 2.96. The van der Waals surface area contributed by atoms with Gasteiger partial charge in [-0.2, -0.15) is 0 Å². The van der Waals surface area contributed by atoms with Crippen molar-refractivity contribution >= 4 is 29.9 Å². The number of aryl methyl sites for hydroxylation is 2. The number of ether oxygens (including phenoxy) is 1. The second kappa shape index (κ2) is 11.1. The Morgan fingerprint density at radius 2 is 2.08 bits per heavy atom. The average molecular weight is 470 g/mol. The fourth-order valence-electron chi connectivity index (χ4n) is 2.76. The van der Waals surface area contributed by atoms with Crippen molar-refractivity contribution in [3.05, 3.63) is 53.3 Å². The highest BCUT2D eigenvalue weighted by atomic mass is 127. The summed E-state index contributed by atoms with van der Waals surface area (Å²) in [5.41, 5.74) is 3.66. The minimum Gasteiger partial charge on any atom is -0.496 e. The van der Waals surface area contributed by atoms with Crippen molar-refractivity contribution < 1.29 is 4.74 Å². The number of aromatic nitrogens is 1. The highest BCUT2D eigenvalue weighted by Crippen LogP contribution is 2.19. The SMILES string of the molecule is CCNC(=NCCc1ccc(C)c(OC)c1)N(C)Cc1cccn1C.I. The molecule has 0 saturated carbocycles. The van der Waals surface area contributed by atoms with Gasteiger partial charge >= 0.3 is 0 Å². The summed E-state index contributed by atoms with van der Waals surface area (Å²) >= 11 is 0. The van der Waals surface area contributed by atoms with Crippen LogP contribution in [-0.4, -0.2) is 42.7 Å². The Bertz CT molecular complexity index is 712. The number of nitrogens with one attached hydrogen (secondary N) is 1. The van der Waals surface area contributed by atoms with Crippen LogP contribution in [0.4, 0.5) is 0 Å². The number of guanidine groups is 1. The molecule has 6 heteroatoms. The maximum Gasteiger partial charge on any atom is 0.194 e. The summed E-state index contributed by atoms with van der Waals surface area (Å²) < 4.78 is 7.54. The van der Waals surface area contributed by atoms with Gasteiger partial charge in [-0.25, -0.2) is 0 Å². The van der Waals surface area contributed by atoms with E-state index in [1.165, 1.54) is 11.3 Å². The van der Waals surface area contributed by atoms with E-state index in [0.717, 1.165) is 43.3 Å². The molecular formula is C20H31IN4O. The Hall–Kier alpha value is -1.70. The fourth-order valence-corrected chi connectivity index (χ4v) is 2.76. The van der Waals surface area contributed by atoms with E-state index in [2.05, 4.69) is 79.3 Å². The van der Waals surface area contributed by atoms with Gasteiger partial charge in [-0.3, -0.25) is 4.99 Å². The molecule has 1 N–H and O–H groups in total. The lowest BCUT2D eigenvalue weighted by molar-refractivity contribution is 0.411. The van der Waals surface area contributed by atoms with Crippen LogP contribution in [0.5, 0.6) is 5.75 Å². The number of aliphatic imine (C=N–C) groups is 1. The predicted octanol–water partition coefficient (Wildman–Crippen LogP) is 3.60. The first-order valence-electron chi connectivity index (χ1n) is 8.78. The number of rotatable bonds is 7. The van der Waals surface area contributed by atoms with Gasteiger partial charge in [0.1, 0.15) is 5.75 Å². The van der Waals surface area contributed by atoms with Gasteiger partial charge < -0.3 is 19.5 Å². The van der Waals surface area contributed by atoms with Crippen molar-refractivity contribution in [3.8, 4) is 5.75 Å². The lowest BCUT2D eigenvalue weighted by Gasteiger charge is -2.22. The molecular weight excluding hydrogens is 439 g/mol. The summed E-state index contributed by atoms with van der Waals surface area (Å²) in [5, 5.41) is 3.37. The first kappa shape index (κ1) is 22.3. The maximum absolute atomic E-state index is 5.40. The van der Waals surface area contributed by atoms with E-state index in [0.29, 0.717) is 0 Å². The van der Waals surface area contributed by atoms with Crippen LogP contribution < -0.4 is 10.1 Å². The normalized spacial score (nSPS) is 11.0. The quantitative estimate of drug-likeness (QED) is 0.382. The average Bonchev–Trinajstić information content (AvgIpc) is 3.00. The molecule has 0 aliphatic carbocycles. The van der Waals surface area contributed by atoms with Gasteiger partial charge in [0, 0.05) is 39.1 Å². The molecule has 1 aromatic heterocycles. The second-order valence-electron chi connectivity index (χ2n) is 6.26. The lowest BCUT2D eigenvalue weighted by atomic mass is 10.1. The van der Waals surface area contributed by atoms with Crippen molar-refractivity contribution in [2.45, 2.75) is 26.8 Å². The van der Waals surface area contributed by atoms with Gasteiger partial charge in [0.2, 0.25) is 0 Å². The molecule has 0 fully saturated rings. The Morgan fingerprint density at radius 3 is 2.69 bits per heavy atom. The van der Waals surface area contributed by atoms with E-state index in [9.17, 15) is 0 Å². The van der Waals surface area contributed by atoms with Gasteiger partial charge in [0.05, 0.1) is 13.7 Å². The standard InChI is InChI=1S/C20H30N4O.HI/c1-6-21-20(24(4)15-18-8-7-13-23(18)3)22-12-11-17-10-9-16(2)19(14-17)25-5;/h7-10,13-14H,6,11-12,15H2,1-5H3,(H,21,22);1H. The van der Waals surface area contributed by atoms with Gasteiger partial charge in [0.15, 0.2) is 5.96 Å². The molecule has 0 aliphatic rings. The minimum absolute atomic E-state index is 0. The molecule has 2 aromatic rings. The van der Waals surface area contributed by atoms with Crippen LogP contribution in [0, 0.1) is 6.92 Å². The van der Waals surface area contributed by atoms with Crippen LogP contribution in [-0.2, 0) is 20.0 Å². The van der Waals surface area contributed by atoms with Crippen molar-refractivity contribution in [3.63, 3.8) is 0 Å². The van der Waals surface area contributed by atoms with E-state index < -0.39 is 0 Å². The summed E-state index contributed by atoms with van der Waals surface area (Å²) in [4.78, 5) is 6.94. The zero-order valence-corrected chi connectivity index (χ0v) is 18.8. The monoisotopic (exact) mass is 470 g/mol. The van der Waals surface area contributed by atoms with Gasteiger partial charge in [-0.1, -0.05) is 12.1 Å². The van der Waals surface area contributed by atoms with Gasteiger partial charge in [0.25, 0.3) is 0 Å². The van der Waals surface area contributed by atoms with Crippen molar-refractivity contribution in [2.24, 2.45) is 12.0 Å². The topological polar surface area (TPSA) is 41.8 Å². The Kier molecular flexibility index (Phi) is 9.54. The summed E-state index contributed by atoms with van der Waals surface area (Å²) in [5.74, 6) is 1.87. The van der Waals surface area contributed by atoms with Crippen LogP contribution in [0.2, 0.25) is 0 Å². The largest absolute Gasteiger partial charge is 0.496 e. The number of hydrogen-bond acceptors (Lipinski definition) is 2. The molecule has 0 atom stereocenters. The smallest absolute Gasteiger partial charge is 0.194 e. The minimum atomic E-state index is 0. The number of hydrogen-bond donors (Lipinski definition) is 1. The highest BCUT2D eigenvalue weighted by molar-refractivity contribution is 14.0. The number of methoxy groups -OCH3 is 1. The predicted molar refractivity (Wildman–Crippen MR) is 120 cm³/mol. The third-order valence-corrected chi connectivity index (χ3v) is 4.28. The Labute approximate surface area is 174 Å². The van der Waals surface area contributed by atoms with Crippen LogP contribution in [0.3, 0.4) is 0 Å². The summed E-state index contributed by atoms with van der Waals surface area (Å²) in [6, 6.07) is 10.6. The maximum atomic E-state index is 5.40. The lowest BCUT2D eigenvalue weighted by Crippen LogP contribution is -2.39. The molecule has 1 heterocycles. The number of nitrogens with zero attached hydrogens (tertiary/aromatic N) is 3. The molecule has 0 unspecified atom stereocenters. The zero-order valence-electron chi connectivity index (χ0n) is 16.5. The zero-order chi connectivity index (χ0) is 18.2. The molecule has 26 heavy (non-hydrogen) atoms. The first-order chi connectivity index (χ1) is 12.0. The fraction of sp³-hybridized carbons (Fsp3) is 0.450. The van der Waals surface area contributed by atoms with Crippen LogP contribution >= 0.6 is 24.0 Å². The summed E-state index contributed by atoms with van der Waals surface area (Å²) in [6.45, 7) is 6.58. The second-order valence-corrected chi connectivity index (χ2v) is 6.26. The van der Waals surface area contributed by atoms with Gasteiger partial charge in [-0.15, -0.1) is 24.0 Å². The Morgan fingerprint density at radius 1 is 1.31 bits per heavy atom. The molecule has 0 bridgehead atoms. The molecule has 0 spiro atoms. The molecule has 5 nitrogen and oxygen atoms in total. The number of benzene rings is 1. The molecule has 0 saturated heterocycles. The van der Waals surface area contributed by atoms with E-state index in [-0.39, 0.29) is 24.0 Å². The van der Waals surface area contributed by atoms with Crippen molar-refractivity contribution in [2.75, 3.05) is 27.2 Å². The first-order valence-corrected chi connectivity index (χ1v) is 8.78. The van der Waals surface area contributed by atoms with Crippen molar-refractivity contribution in [1.29, 1.82) is 0 Å². The molecule has 0 amide bonds. The molecule has 0 aliphatic heterocycles. The number of halogens is 1. The summed E-state index contributed by atoms with van der Waals surface area (Å²) in [7, 11) is 5.85. The molecule has 2 rings (SSSR count). The van der Waals surface area contributed by atoms with E-state index >= 15 is 0 Å².